The molecule has 2 heterocycles. The van der Waals surface area contributed by atoms with Crippen molar-refractivity contribution in [2.24, 2.45) is 0 Å². The normalized spacial score (nSPS) is 16.3. The van der Waals surface area contributed by atoms with Gasteiger partial charge in [0.05, 0.1) is 12.6 Å². The summed E-state index contributed by atoms with van der Waals surface area (Å²) in [5.41, 5.74) is 2.59. The molecule has 0 aromatic heterocycles. The highest BCUT2D eigenvalue weighted by atomic mass is 127. The second-order valence-electron chi connectivity index (χ2n) is 10.1. The summed E-state index contributed by atoms with van der Waals surface area (Å²) < 4.78 is 73.3. The SMILES string of the molecule is C[C@H]1c2ccc(C(=O)NCc3c(F)cc(F)cc3F)cc2N2Cc3c(F)ccc(NCOP(=O)(O)O)c3CC(I)=C2N1C. The topological polar surface area (TPSA) is 114 Å². The van der Waals surface area contributed by atoms with Crippen LogP contribution >= 0.6 is 30.4 Å². The number of allylic oxidation sites excluding steroid dienone is 1. The van der Waals surface area contributed by atoms with E-state index in [0.717, 1.165) is 15.0 Å². The fraction of sp³-hybridized carbons (Fsp3) is 0.250. The minimum absolute atomic E-state index is 0.0685. The number of rotatable bonds is 7. The molecule has 3 aromatic carbocycles. The highest BCUT2D eigenvalue weighted by molar-refractivity contribution is 14.1. The predicted molar refractivity (Wildman–Crippen MR) is 159 cm³/mol. The standard InChI is InChI=1S/C28H26F4IN4O5P/c1-14-17-4-3-15(27(38)34-11-19-22(31)8-16(29)9-23(19)32)7-26(17)37-12-20-18(10-24(33)28(37)36(14)2)25(6-5-21(20)30)35-13-42-43(39,40)41/h3-9,14,35H,10-13H2,1-2H3,(H,34,38)(H2,39,40,41)/t14-/m0/s1. The van der Waals surface area contributed by atoms with Gasteiger partial charge in [-0.15, -0.1) is 0 Å². The second-order valence-corrected chi connectivity index (χ2v) is 12.6. The van der Waals surface area contributed by atoms with Gasteiger partial charge in [-0.3, -0.25) is 9.32 Å². The molecular formula is C28H26F4IN4O5P. The van der Waals surface area contributed by atoms with Crippen molar-refractivity contribution in [1.82, 2.24) is 10.2 Å². The number of phosphoric ester groups is 1. The minimum Gasteiger partial charge on any atom is -0.362 e. The molecule has 0 fully saturated rings. The lowest BCUT2D eigenvalue weighted by molar-refractivity contribution is 0.0950. The summed E-state index contributed by atoms with van der Waals surface area (Å²) in [6, 6.07) is 8.67. The molecule has 0 aliphatic carbocycles. The van der Waals surface area contributed by atoms with Crippen molar-refractivity contribution in [1.29, 1.82) is 0 Å². The number of nitrogens with zero attached hydrogens (tertiary/aromatic N) is 2. The number of nitrogens with one attached hydrogen (secondary N) is 2. The lowest BCUT2D eigenvalue weighted by atomic mass is 9.97. The number of halogens is 5. The Morgan fingerprint density at radius 3 is 2.44 bits per heavy atom. The molecule has 2 aliphatic heterocycles. The number of carbonyl (C=O) groups is 1. The Balaban J connectivity index is 1.49. The molecule has 0 bridgehead atoms. The van der Waals surface area contributed by atoms with Crippen molar-refractivity contribution in [3.05, 3.63) is 103 Å². The van der Waals surface area contributed by atoms with Crippen molar-refractivity contribution in [3.63, 3.8) is 0 Å². The molecule has 0 saturated heterocycles. The molecule has 0 radical (unpaired) electrons. The summed E-state index contributed by atoms with van der Waals surface area (Å²) >= 11 is 2.18. The first kappa shape index (κ1) is 31.3. The molecule has 0 saturated carbocycles. The zero-order valence-electron chi connectivity index (χ0n) is 22.8. The van der Waals surface area contributed by atoms with Gasteiger partial charge in [0.15, 0.2) is 0 Å². The predicted octanol–water partition coefficient (Wildman–Crippen LogP) is 5.82. The van der Waals surface area contributed by atoms with Crippen LogP contribution in [0.2, 0.25) is 0 Å². The Morgan fingerprint density at radius 2 is 1.77 bits per heavy atom. The number of benzene rings is 3. The Labute approximate surface area is 257 Å². The van der Waals surface area contributed by atoms with Crippen LogP contribution in [0.3, 0.4) is 0 Å². The van der Waals surface area contributed by atoms with Crippen LogP contribution < -0.4 is 15.5 Å². The van der Waals surface area contributed by atoms with Gasteiger partial charge >= 0.3 is 7.82 Å². The second kappa shape index (κ2) is 12.1. The number of amides is 1. The number of hydrogen-bond acceptors (Lipinski definition) is 6. The molecule has 0 spiro atoms. The first-order chi connectivity index (χ1) is 20.2. The number of anilines is 2. The number of carbonyl (C=O) groups excluding carboxylic acids is 1. The minimum atomic E-state index is -4.72. The van der Waals surface area contributed by atoms with Crippen LogP contribution in [0.5, 0.6) is 0 Å². The van der Waals surface area contributed by atoms with E-state index in [-0.39, 0.29) is 18.2 Å². The lowest BCUT2D eigenvalue weighted by Gasteiger charge is -2.44. The van der Waals surface area contributed by atoms with Gasteiger partial charge in [-0.2, -0.15) is 0 Å². The smallest absolute Gasteiger partial charge is 0.362 e. The van der Waals surface area contributed by atoms with E-state index in [1.165, 1.54) is 12.1 Å². The molecule has 5 rings (SSSR count). The van der Waals surface area contributed by atoms with E-state index in [0.29, 0.717) is 41.1 Å². The summed E-state index contributed by atoms with van der Waals surface area (Å²) in [4.78, 5) is 35.1. The third kappa shape index (κ3) is 6.38. The van der Waals surface area contributed by atoms with Gasteiger partial charge in [0.25, 0.3) is 5.91 Å². The van der Waals surface area contributed by atoms with Crippen LogP contribution in [0.15, 0.2) is 51.9 Å². The van der Waals surface area contributed by atoms with E-state index in [2.05, 4.69) is 37.7 Å². The third-order valence-corrected chi connectivity index (χ3v) is 8.83. The van der Waals surface area contributed by atoms with E-state index in [1.807, 2.05) is 23.8 Å². The molecular weight excluding hydrogens is 706 g/mol. The van der Waals surface area contributed by atoms with Crippen LogP contribution in [0.4, 0.5) is 28.9 Å². The Hall–Kier alpha value is -3.17. The zero-order valence-corrected chi connectivity index (χ0v) is 25.8. The van der Waals surface area contributed by atoms with Crippen molar-refractivity contribution in [2.75, 3.05) is 24.0 Å². The summed E-state index contributed by atoms with van der Waals surface area (Å²) in [6.07, 6.45) is 0.305. The number of phosphoric acid groups is 1. The molecule has 1 amide bonds. The highest BCUT2D eigenvalue weighted by Crippen LogP contribution is 2.46. The van der Waals surface area contributed by atoms with Gasteiger partial charge in [0.2, 0.25) is 0 Å². The van der Waals surface area contributed by atoms with E-state index in [9.17, 15) is 22.5 Å². The van der Waals surface area contributed by atoms with Gasteiger partial charge in [-0.1, -0.05) is 6.07 Å². The molecule has 3 aromatic rings. The molecule has 0 unspecified atom stereocenters. The largest absolute Gasteiger partial charge is 0.471 e. The quantitative estimate of drug-likeness (QED) is 0.104. The van der Waals surface area contributed by atoms with Crippen LogP contribution in [-0.4, -0.2) is 34.4 Å². The maximum atomic E-state index is 15.3. The Morgan fingerprint density at radius 1 is 1.07 bits per heavy atom. The van der Waals surface area contributed by atoms with Crippen LogP contribution in [0, 0.1) is 23.3 Å². The molecule has 4 N–H and O–H groups in total. The van der Waals surface area contributed by atoms with Crippen molar-refractivity contribution in [2.45, 2.75) is 32.5 Å². The first-order valence-corrected chi connectivity index (χ1v) is 15.5. The zero-order chi connectivity index (χ0) is 31.2. The van der Waals surface area contributed by atoms with Crippen LogP contribution in [0.25, 0.3) is 0 Å². The summed E-state index contributed by atoms with van der Waals surface area (Å²) in [5, 5.41) is 5.30. The van der Waals surface area contributed by atoms with E-state index in [1.54, 1.807) is 18.2 Å². The first-order valence-electron chi connectivity index (χ1n) is 12.9. The van der Waals surface area contributed by atoms with E-state index in [4.69, 9.17) is 9.79 Å². The summed E-state index contributed by atoms with van der Waals surface area (Å²) in [5.74, 6) is -3.61. The Kier molecular flexibility index (Phi) is 8.78. The van der Waals surface area contributed by atoms with Crippen LogP contribution in [-0.2, 0) is 28.6 Å². The third-order valence-electron chi connectivity index (χ3n) is 7.50. The fourth-order valence-corrected chi connectivity index (χ4v) is 6.55. The molecule has 2 aliphatic rings. The van der Waals surface area contributed by atoms with Gasteiger partial charge < -0.3 is 30.2 Å². The monoisotopic (exact) mass is 732 g/mol. The lowest BCUT2D eigenvalue weighted by Crippen LogP contribution is -2.40. The molecule has 228 valence electrons. The van der Waals surface area contributed by atoms with Gasteiger partial charge in [-0.05, 0) is 64.9 Å². The van der Waals surface area contributed by atoms with E-state index < -0.39 is 55.8 Å². The van der Waals surface area contributed by atoms with Crippen molar-refractivity contribution in [3.8, 4) is 0 Å². The summed E-state index contributed by atoms with van der Waals surface area (Å²) in [6.45, 7) is 1.06. The summed E-state index contributed by atoms with van der Waals surface area (Å²) in [7, 11) is -2.82. The maximum absolute atomic E-state index is 15.3. The Bertz CT molecular complexity index is 1680. The average Bonchev–Trinajstić information content (AvgIpc) is 3.08. The van der Waals surface area contributed by atoms with Gasteiger partial charge in [-0.25, -0.2) is 22.1 Å². The maximum Gasteiger partial charge on any atom is 0.471 e. The average molecular weight is 732 g/mol. The fourth-order valence-electron chi connectivity index (χ4n) is 5.27. The van der Waals surface area contributed by atoms with Crippen molar-refractivity contribution >= 4 is 47.7 Å². The molecule has 43 heavy (non-hydrogen) atoms. The number of hydrogen-bond donors (Lipinski definition) is 4. The number of fused-ring (bicyclic) bond motifs is 4. The molecule has 15 heteroatoms. The highest BCUT2D eigenvalue weighted by Gasteiger charge is 2.36. The van der Waals surface area contributed by atoms with E-state index >= 15 is 4.39 Å². The van der Waals surface area contributed by atoms with Crippen molar-refractivity contribution < 1.29 is 41.2 Å². The molecule has 9 nitrogen and oxygen atoms in total. The van der Waals surface area contributed by atoms with Crippen LogP contribution in [0.1, 0.15) is 45.6 Å². The van der Waals surface area contributed by atoms with Gasteiger partial charge in [0.1, 0.15) is 35.8 Å². The van der Waals surface area contributed by atoms with Gasteiger partial charge in [0, 0.05) is 63.8 Å². The molecule has 1 atom stereocenters.